The van der Waals surface area contributed by atoms with E-state index < -0.39 is 0 Å². The van der Waals surface area contributed by atoms with Crippen molar-refractivity contribution in [3.05, 3.63) is 27.9 Å². The second-order valence-electron chi connectivity index (χ2n) is 4.61. The maximum absolute atomic E-state index is 6.38. The molecule has 2 aromatic heterocycles. The van der Waals surface area contributed by atoms with Crippen LogP contribution in [-0.4, -0.2) is 9.97 Å². The van der Waals surface area contributed by atoms with Crippen molar-refractivity contribution >= 4 is 27.3 Å². The molecule has 1 aliphatic rings. The number of nitrogens with two attached hydrogens (primary N) is 1. The second-order valence-corrected chi connectivity index (χ2v) is 7.08. The Morgan fingerprint density at radius 1 is 1.35 bits per heavy atom. The van der Waals surface area contributed by atoms with E-state index >= 15 is 0 Å². The maximum atomic E-state index is 6.38. The molecule has 0 radical (unpaired) electrons. The Morgan fingerprint density at radius 3 is 2.76 bits per heavy atom. The summed E-state index contributed by atoms with van der Waals surface area (Å²) < 4.78 is 1.13. The summed E-state index contributed by atoms with van der Waals surface area (Å²) in [7, 11) is 0. The van der Waals surface area contributed by atoms with Crippen molar-refractivity contribution in [2.45, 2.75) is 31.2 Å². The monoisotopic (exact) mass is 311 g/mol. The van der Waals surface area contributed by atoms with Gasteiger partial charge in [-0.2, -0.15) is 0 Å². The van der Waals surface area contributed by atoms with Gasteiger partial charge in [0.1, 0.15) is 5.82 Å². The quantitative estimate of drug-likeness (QED) is 0.889. The highest BCUT2D eigenvalue weighted by Crippen LogP contribution is 2.36. The first-order chi connectivity index (χ1) is 8.17. The number of H-pyrrole nitrogens is 1. The Hall–Kier alpha value is -0.650. The number of aromatic amines is 1. The smallest absolute Gasteiger partial charge is 0.126 e. The van der Waals surface area contributed by atoms with Gasteiger partial charge in [-0.1, -0.05) is 12.8 Å². The first kappa shape index (κ1) is 11.4. The molecule has 0 aliphatic heterocycles. The minimum Gasteiger partial charge on any atom is -0.340 e. The molecule has 17 heavy (non-hydrogen) atoms. The average Bonchev–Trinajstić information content (AvgIpc) is 2.96. The Morgan fingerprint density at radius 2 is 2.12 bits per heavy atom. The van der Waals surface area contributed by atoms with Gasteiger partial charge in [0.15, 0.2) is 0 Å². The van der Waals surface area contributed by atoms with Gasteiger partial charge in [0.05, 0.1) is 26.1 Å². The summed E-state index contributed by atoms with van der Waals surface area (Å²) in [4.78, 5) is 9.04. The molecule has 3 N–H and O–H groups in total. The van der Waals surface area contributed by atoms with E-state index in [0.29, 0.717) is 0 Å². The van der Waals surface area contributed by atoms with Gasteiger partial charge in [0, 0.05) is 0 Å². The molecule has 5 heteroatoms. The molecule has 0 spiro atoms. The summed E-state index contributed by atoms with van der Waals surface area (Å²) in [5, 5.41) is 0. The molecule has 1 fully saturated rings. The zero-order valence-corrected chi connectivity index (χ0v) is 11.8. The fourth-order valence-corrected chi connectivity index (χ4v) is 3.75. The number of halogens is 1. The van der Waals surface area contributed by atoms with E-state index in [4.69, 9.17) is 5.73 Å². The largest absolute Gasteiger partial charge is 0.340 e. The lowest BCUT2D eigenvalue weighted by molar-refractivity contribution is 0.436. The third-order valence-corrected chi connectivity index (χ3v) is 5.04. The van der Waals surface area contributed by atoms with Crippen LogP contribution in [-0.2, 0) is 5.54 Å². The molecule has 2 heterocycles. The van der Waals surface area contributed by atoms with Crippen LogP contribution in [0.25, 0.3) is 10.6 Å². The molecular weight excluding hydrogens is 298 g/mol. The fraction of sp³-hybridized carbons (Fsp3) is 0.417. The van der Waals surface area contributed by atoms with Crippen LogP contribution in [0.5, 0.6) is 0 Å². The molecule has 0 aromatic carbocycles. The number of rotatable bonds is 2. The average molecular weight is 312 g/mol. The number of hydrogen-bond acceptors (Lipinski definition) is 3. The van der Waals surface area contributed by atoms with Crippen LogP contribution in [0.1, 0.15) is 31.5 Å². The first-order valence-corrected chi connectivity index (χ1v) is 7.38. The predicted molar refractivity (Wildman–Crippen MR) is 73.9 cm³/mol. The van der Waals surface area contributed by atoms with Crippen molar-refractivity contribution < 1.29 is 0 Å². The highest BCUT2D eigenvalue weighted by molar-refractivity contribution is 9.11. The van der Waals surface area contributed by atoms with Gasteiger partial charge < -0.3 is 10.7 Å². The van der Waals surface area contributed by atoms with Crippen molar-refractivity contribution in [2.75, 3.05) is 0 Å². The lowest BCUT2D eigenvalue weighted by atomic mass is 9.99. The van der Waals surface area contributed by atoms with Crippen LogP contribution in [0, 0.1) is 0 Å². The van der Waals surface area contributed by atoms with Crippen molar-refractivity contribution in [2.24, 2.45) is 5.73 Å². The van der Waals surface area contributed by atoms with E-state index in [-0.39, 0.29) is 5.54 Å². The Labute approximate surface area is 113 Å². The normalized spacial score (nSPS) is 18.7. The number of nitrogens with zero attached hydrogens (tertiary/aromatic N) is 1. The minimum atomic E-state index is -0.229. The summed E-state index contributed by atoms with van der Waals surface area (Å²) >= 11 is 5.17. The zero-order chi connectivity index (χ0) is 11.9. The molecule has 0 unspecified atom stereocenters. The number of hydrogen-bond donors (Lipinski definition) is 2. The number of imidazole rings is 1. The second kappa shape index (κ2) is 4.23. The van der Waals surface area contributed by atoms with E-state index in [1.165, 1.54) is 17.7 Å². The summed E-state index contributed by atoms with van der Waals surface area (Å²) in [6.07, 6.45) is 6.37. The van der Waals surface area contributed by atoms with Crippen LogP contribution in [0.2, 0.25) is 0 Å². The van der Waals surface area contributed by atoms with Gasteiger partial charge in [0.2, 0.25) is 0 Å². The zero-order valence-electron chi connectivity index (χ0n) is 9.37. The summed E-state index contributed by atoms with van der Waals surface area (Å²) in [5.74, 6) is 0.939. The van der Waals surface area contributed by atoms with Crippen molar-refractivity contribution in [3.8, 4) is 10.6 Å². The molecule has 0 bridgehead atoms. The van der Waals surface area contributed by atoms with E-state index in [1.807, 2.05) is 12.3 Å². The van der Waals surface area contributed by atoms with Gasteiger partial charge in [-0.25, -0.2) is 4.98 Å². The summed E-state index contributed by atoms with van der Waals surface area (Å²) in [6.45, 7) is 0. The molecule has 3 rings (SSSR count). The third kappa shape index (κ3) is 2.07. The summed E-state index contributed by atoms with van der Waals surface area (Å²) in [5.41, 5.74) is 7.21. The van der Waals surface area contributed by atoms with Crippen LogP contribution in [0.3, 0.4) is 0 Å². The molecule has 0 atom stereocenters. The Balaban J connectivity index is 1.92. The molecular formula is C12H14BrN3S. The SMILES string of the molecule is NC1(c2ncc(-c3ccc(Br)s3)[nH]2)CCCC1. The standard InChI is InChI=1S/C12H14BrN3S/c13-10-4-3-9(17-10)8-7-15-11(16-8)12(14)5-1-2-6-12/h3-4,7H,1-2,5-6,14H2,(H,15,16). The van der Waals surface area contributed by atoms with Gasteiger partial charge >= 0.3 is 0 Å². The van der Waals surface area contributed by atoms with E-state index in [9.17, 15) is 0 Å². The Kier molecular flexibility index (Phi) is 2.84. The Bertz CT molecular complexity index is 525. The van der Waals surface area contributed by atoms with Crippen molar-refractivity contribution in [3.63, 3.8) is 0 Å². The van der Waals surface area contributed by atoms with E-state index in [0.717, 1.165) is 28.1 Å². The molecule has 1 saturated carbocycles. The van der Waals surface area contributed by atoms with E-state index in [2.05, 4.69) is 32.0 Å². The van der Waals surface area contributed by atoms with Crippen LogP contribution >= 0.6 is 27.3 Å². The molecule has 2 aromatic rings. The number of thiophene rings is 1. The molecule has 0 amide bonds. The predicted octanol–water partition coefficient (Wildman–Crippen LogP) is 3.63. The van der Waals surface area contributed by atoms with Crippen LogP contribution in [0.4, 0.5) is 0 Å². The van der Waals surface area contributed by atoms with Crippen LogP contribution < -0.4 is 5.73 Å². The molecule has 0 saturated heterocycles. The highest BCUT2D eigenvalue weighted by atomic mass is 79.9. The number of nitrogens with one attached hydrogen (secondary N) is 1. The molecule has 90 valence electrons. The fourth-order valence-electron chi connectivity index (χ4n) is 2.40. The maximum Gasteiger partial charge on any atom is 0.126 e. The van der Waals surface area contributed by atoms with Crippen molar-refractivity contribution in [1.29, 1.82) is 0 Å². The third-order valence-electron chi connectivity index (χ3n) is 3.38. The first-order valence-electron chi connectivity index (χ1n) is 5.77. The van der Waals surface area contributed by atoms with Crippen molar-refractivity contribution in [1.82, 2.24) is 9.97 Å². The minimum absolute atomic E-state index is 0.229. The lowest BCUT2D eigenvalue weighted by Crippen LogP contribution is -2.34. The van der Waals surface area contributed by atoms with Gasteiger partial charge in [-0.05, 0) is 40.9 Å². The molecule has 1 aliphatic carbocycles. The highest BCUT2D eigenvalue weighted by Gasteiger charge is 2.34. The van der Waals surface area contributed by atoms with Gasteiger partial charge in [0.25, 0.3) is 0 Å². The topological polar surface area (TPSA) is 54.7 Å². The van der Waals surface area contributed by atoms with Crippen LogP contribution in [0.15, 0.2) is 22.1 Å². The van der Waals surface area contributed by atoms with Gasteiger partial charge in [-0.3, -0.25) is 0 Å². The number of aromatic nitrogens is 2. The van der Waals surface area contributed by atoms with E-state index in [1.54, 1.807) is 11.3 Å². The van der Waals surface area contributed by atoms with Gasteiger partial charge in [-0.15, -0.1) is 11.3 Å². The summed E-state index contributed by atoms with van der Waals surface area (Å²) in [6, 6.07) is 4.14. The molecule has 3 nitrogen and oxygen atoms in total. The lowest BCUT2D eigenvalue weighted by Gasteiger charge is -2.20.